The Morgan fingerprint density at radius 3 is 2.67 bits per heavy atom. The van der Waals surface area contributed by atoms with Crippen LogP contribution in [0, 0.1) is 17.2 Å². The number of furan rings is 1. The fourth-order valence-corrected chi connectivity index (χ4v) is 2.47. The maximum Gasteiger partial charge on any atom is 0.134 e. The highest BCUT2D eigenvalue weighted by atomic mass is 16.3. The lowest BCUT2D eigenvalue weighted by molar-refractivity contribution is 0.241. The Hall–Kier alpha value is -1.79. The van der Waals surface area contributed by atoms with E-state index in [0.29, 0.717) is 0 Å². The molecule has 1 aromatic carbocycles. The zero-order chi connectivity index (χ0) is 13.1. The van der Waals surface area contributed by atoms with Gasteiger partial charge in [0.1, 0.15) is 5.58 Å². The highest BCUT2D eigenvalue weighted by Gasteiger charge is 2.26. The summed E-state index contributed by atoms with van der Waals surface area (Å²) in [6.45, 7) is 2.05. The van der Waals surface area contributed by atoms with Crippen molar-refractivity contribution in [3.8, 4) is 6.07 Å². The van der Waals surface area contributed by atoms with Gasteiger partial charge >= 0.3 is 0 Å². The van der Waals surface area contributed by atoms with Crippen molar-refractivity contribution in [2.45, 2.75) is 19.4 Å². The van der Waals surface area contributed by atoms with E-state index in [2.05, 4.69) is 17.0 Å². The van der Waals surface area contributed by atoms with Gasteiger partial charge in [-0.1, -0.05) is 25.1 Å². The molecule has 0 amide bonds. The summed E-state index contributed by atoms with van der Waals surface area (Å²) in [7, 11) is 4.01. The summed E-state index contributed by atoms with van der Waals surface area (Å²) < 4.78 is 5.58. The van der Waals surface area contributed by atoms with E-state index in [1.807, 2.05) is 39.2 Å². The molecule has 1 aromatic heterocycles. The first-order valence-corrected chi connectivity index (χ1v) is 6.21. The van der Waals surface area contributed by atoms with Crippen molar-refractivity contribution in [1.29, 1.82) is 5.26 Å². The Bertz CT molecular complexity index is 565. The smallest absolute Gasteiger partial charge is 0.134 e. The molecule has 3 nitrogen and oxygen atoms in total. The van der Waals surface area contributed by atoms with E-state index in [1.54, 1.807) is 6.26 Å². The third-order valence-electron chi connectivity index (χ3n) is 3.37. The SMILES string of the molecule is CCC(C#N)C(c1coc2ccccc12)N(C)C. The van der Waals surface area contributed by atoms with E-state index in [0.717, 1.165) is 23.0 Å². The second-order valence-corrected chi connectivity index (χ2v) is 4.74. The van der Waals surface area contributed by atoms with Crippen molar-refractivity contribution >= 4 is 11.0 Å². The second-order valence-electron chi connectivity index (χ2n) is 4.74. The van der Waals surface area contributed by atoms with Crippen LogP contribution in [-0.2, 0) is 0 Å². The first-order valence-electron chi connectivity index (χ1n) is 6.21. The molecule has 3 heteroatoms. The zero-order valence-electron chi connectivity index (χ0n) is 11.1. The summed E-state index contributed by atoms with van der Waals surface area (Å²) in [5.41, 5.74) is 1.98. The van der Waals surface area contributed by atoms with Crippen LogP contribution in [0.3, 0.4) is 0 Å². The topological polar surface area (TPSA) is 40.2 Å². The highest BCUT2D eigenvalue weighted by molar-refractivity contribution is 5.81. The summed E-state index contributed by atoms with van der Waals surface area (Å²) in [6, 6.07) is 10.4. The quantitative estimate of drug-likeness (QED) is 0.822. The van der Waals surface area contributed by atoms with Crippen LogP contribution in [0.25, 0.3) is 11.0 Å². The van der Waals surface area contributed by atoms with Crippen molar-refractivity contribution in [3.63, 3.8) is 0 Å². The predicted molar refractivity (Wildman–Crippen MR) is 72.0 cm³/mol. The van der Waals surface area contributed by atoms with Gasteiger partial charge in [-0.15, -0.1) is 0 Å². The maximum atomic E-state index is 9.31. The molecule has 0 saturated heterocycles. The summed E-state index contributed by atoms with van der Waals surface area (Å²) in [4.78, 5) is 2.09. The van der Waals surface area contributed by atoms with E-state index < -0.39 is 0 Å². The Kier molecular flexibility index (Phi) is 3.69. The van der Waals surface area contributed by atoms with E-state index in [4.69, 9.17) is 4.42 Å². The van der Waals surface area contributed by atoms with E-state index in [-0.39, 0.29) is 12.0 Å². The Balaban J connectivity index is 2.52. The molecule has 2 unspecified atom stereocenters. The van der Waals surface area contributed by atoms with Crippen LogP contribution in [0.1, 0.15) is 24.9 Å². The minimum atomic E-state index is -0.0268. The summed E-state index contributed by atoms with van der Waals surface area (Å²) in [5, 5.41) is 10.4. The van der Waals surface area contributed by atoms with Crippen LogP contribution in [-0.4, -0.2) is 19.0 Å². The van der Waals surface area contributed by atoms with Gasteiger partial charge in [0, 0.05) is 10.9 Å². The molecular formula is C15H18N2O. The average molecular weight is 242 g/mol. The van der Waals surface area contributed by atoms with Crippen molar-refractivity contribution in [1.82, 2.24) is 4.90 Å². The lowest BCUT2D eigenvalue weighted by atomic mass is 9.91. The first kappa shape index (κ1) is 12.7. The van der Waals surface area contributed by atoms with Crippen LogP contribution >= 0.6 is 0 Å². The molecule has 0 saturated carbocycles. The number of benzene rings is 1. The van der Waals surface area contributed by atoms with Gasteiger partial charge in [0.05, 0.1) is 24.3 Å². The van der Waals surface area contributed by atoms with Crippen molar-refractivity contribution < 1.29 is 4.42 Å². The minimum absolute atomic E-state index is 0.0268. The van der Waals surface area contributed by atoms with Gasteiger partial charge in [-0.05, 0) is 26.6 Å². The Morgan fingerprint density at radius 1 is 1.33 bits per heavy atom. The third-order valence-corrected chi connectivity index (χ3v) is 3.37. The molecule has 2 rings (SSSR count). The van der Waals surface area contributed by atoms with Crippen molar-refractivity contribution in [3.05, 3.63) is 36.1 Å². The normalized spacial score (nSPS) is 14.6. The second kappa shape index (κ2) is 5.24. The molecule has 0 spiro atoms. The van der Waals surface area contributed by atoms with Crippen LogP contribution in [0.2, 0.25) is 0 Å². The van der Waals surface area contributed by atoms with Crippen molar-refractivity contribution in [2.24, 2.45) is 5.92 Å². The van der Waals surface area contributed by atoms with Crippen LogP contribution in [0.5, 0.6) is 0 Å². The summed E-state index contributed by atoms with van der Waals surface area (Å²) in [5.74, 6) is -0.0268. The number of rotatable bonds is 4. The van der Waals surface area contributed by atoms with Crippen LogP contribution in [0.4, 0.5) is 0 Å². The van der Waals surface area contributed by atoms with E-state index in [1.165, 1.54) is 0 Å². The standard InChI is InChI=1S/C15H18N2O/c1-4-11(9-16)15(17(2)3)13-10-18-14-8-6-5-7-12(13)14/h5-8,10-11,15H,4H2,1-3H3. The molecule has 0 aliphatic heterocycles. The number of hydrogen-bond acceptors (Lipinski definition) is 3. The molecule has 18 heavy (non-hydrogen) atoms. The third kappa shape index (κ3) is 2.12. The molecule has 1 heterocycles. The molecule has 0 aliphatic carbocycles. The zero-order valence-corrected chi connectivity index (χ0v) is 11.1. The van der Waals surface area contributed by atoms with Gasteiger partial charge in [0.2, 0.25) is 0 Å². The van der Waals surface area contributed by atoms with Crippen molar-refractivity contribution in [2.75, 3.05) is 14.1 Å². The van der Waals surface area contributed by atoms with Gasteiger partial charge in [-0.25, -0.2) is 0 Å². The number of fused-ring (bicyclic) bond motifs is 1. The molecule has 0 N–H and O–H groups in total. The van der Waals surface area contributed by atoms with E-state index in [9.17, 15) is 5.26 Å². The molecule has 2 atom stereocenters. The molecule has 0 aliphatic rings. The van der Waals surface area contributed by atoms with Gasteiger partial charge < -0.3 is 9.32 Å². The Morgan fingerprint density at radius 2 is 2.06 bits per heavy atom. The Labute approximate surface area is 108 Å². The first-order chi connectivity index (χ1) is 8.69. The molecule has 0 fully saturated rings. The molecule has 0 radical (unpaired) electrons. The lowest BCUT2D eigenvalue weighted by Gasteiger charge is -2.27. The highest BCUT2D eigenvalue weighted by Crippen LogP contribution is 2.34. The van der Waals surface area contributed by atoms with Gasteiger partial charge in [-0.2, -0.15) is 5.26 Å². The number of nitrogens with zero attached hydrogens (tertiary/aromatic N) is 2. The predicted octanol–water partition coefficient (Wildman–Crippen LogP) is 3.59. The summed E-state index contributed by atoms with van der Waals surface area (Å²) in [6.07, 6.45) is 2.62. The van der Waals surface area contributed by atoms with Gasteiger partial charge in [0.15, 0.2) is 0 Å². The maximum absolute atomic E-state index is 9.31. The van der Waals surface area contributed by atoms with Gasteiger partial charge in [-0.3, -0.25) is 0 Å². The van der Waals surface area contributed by atoms with Gasteiger partial charge in [0.25, 0.3) is 0 Å². The number of nitriles is 1. The van der Waals surface area contributed by atoms with Crippen LogP contribution < -0.4 is 0 Å². The van der Waals surface area contributed by atoms with E-state index >= 15 is 0 Å². The monoisotopic (exact) mass is 242 g/mol. The minimum Gasteiger partial charge on any atom is -0.464 e. The fourth-order valence-electron chi connectivity index (χ4n) is 2.47. The number of para-hydroxylation sites is 1. The molecule has 0 bridgehead atoms. The number of hydrogen-bond donors (Lipinski definition) is 0. The average Bonchev–Trinajstić information content (AvgIpc) is 2.79. The molecular weight excluding hydrogens is 224 g/mol. The molecule has 94 valence electrons. The molecule has 2 aromatic rings. The van der Waals surface area contributed by atoms with Crippen LogP contribution in [0.15, 0.2) is 34.9 Å². The largest absolute Gasteiger partial charge is 0.464 e. The summed E-state index contributed by atoms with van der Waals surface area (Å²) >= 11 is 0. The fraction of sp³-hybridized carbons (Fsp3) is 0.400. The lowest BCUT2D eigenvalue weighted by Crippen LogP contribution is -2.26.